The van der Waals surface area contributed by atoms with Crippen molar-refractivity contribution in [3.63, 3.8) is 0 Å². The number of halogens is 1. The van der Waals surface area contributed by atoms with E-state index in [4.69, 9.17) is 0 Å². The molecule has 114 valence electrons. The van der Waals surface area contributed by atoms with Gasteiger partial charge in [0.25, 0.3) is 0 Å². The first-order chi connectivity index (χ1) is 9.02. The van der Waals surface area contributed by atoms with Crippen molar-refractivity contribution in [3.8, 4) is 0 Å². The zero-order valence-corrected chi connectivity index (χ0v) is 15.4. The zero-order valence-electron chi connectivity index (χ0n) is 13.1. The number of aliphatic imine (C=N–C) groups is 1. The third-order valence-corrected chi connectivity index (χ3v) is 2.70. The molecule has 5 heteroatoms. The maximum Gasteiger partial charge on any atom is 0.191 e. The summed E-state index contributed by atoms with van der Waals surface area (Å²) in [6.07, 6.45) is 0. The lowest BCUT2D eigenvalue weighted by atomic mass is 10.1. The Balaban J connectivity index is 0.00000361. The zero-order chi connectivity index (χ0) is 14.3. The van der Waals surface area contributed by atoms with Crippen LogP contribution in [-0.4, -0.2) is 38.0 Å². The topological polar surface area (TPSA) is 39.7 Å². The summed E-state index contributed by atoms with van der Waals surface area (Å²) in [5.74, 6) is 0.842. The minimum Gasteiger partial charge on any atom is -0.354 e. The second-order valence-electron chi connectivity index (χ2n) is 5.23. The molecule has 0 radical (unpaired) electrons. The third-order valence-electron chi connectivity index (χ3n) is 2.70. The molecular formula is C15H27IN4. The molecule has 0 fully saturated rings. The summed E-state index contributed by atoms with van der Waals surface area (Å²) in [7, 11) is 5.97. The number of benzene rings is 1. The fourth-order valence-electron chi connectivity index (χ4n) is 1.87. The van der Waals surface area contributed by atoms with Crippen molar-refractivity contribution in [2.24, 2.45) is 4.99 Å². The standard InChI is InChI=1S/C15H26N4.HI/c1-12(2)18-15(16-3)17-10-13-8-6-7-9-14(13)11-19(4)5;/h6-9,12H,10-11H2,1-5H3,(H2,16,17,18);1H. The predicted molar refractivity (Wildman–Crippen MR) is 97.7 cm³/mol. The number of guanidine groups is 1. The molecule has 0 saturated carbocycles. The van der Waals surface area contributed by atoms with Crippen molar-refractivity contribution < 1.29 is 0 Å². The van der Waals surface area contributed by atoms with Crippen LogP contribution in [0, 0.1) is 0 Å². The SMILES string of the molecule is CN=C(NCc1ccccc1CN(C)C)NC(C)C.I. The summed E-state index contributed by atoms with van der Waals surface area (Å²) in [6.45, 7) is 5.95. The van der Waals surface area contributed by atoms with Gasteiger partial charge in [-0.3, -0.25) is 4.99 Å². The van der Waals surface area contributed by atoms with Gasteiger partial charge in [-0.25, -0.2) is 0 Å². The first-order valence-corrected chi connectivity index (χ1v) is 6.71. The summed E-state index contributed by atoms with van der Waals surface area (Å²) in [5, 5.41) is 6.64. The summed E-state index contributed by atoms with van der Waals surface area (Å²) in [5.41, 5.74) is 2.66. The molecule has 0 spiro atoms. The lowest BCUT2D eigenvalue weighted by Gasteiger charge is -2.17. The quantitative estimate of drug-likeness (QED) is 0.461. The molecule has 0 unspecified atom stereocenters. The average Bonchev–Trinajstić information content (AvgIpc) is 2.35. The van der Waals surface area contributed by atoms with Crippen LogP contribution in [0.2, 0.25) is 0 Å². The Hall–Kier alpha value is -0.820. The van der Waals surface area contributed by atoms with Crippen molar-refractivity contribution >= 4 is 29.9 Å². The second-order valence-corrected chi connectivity index (χ2v) is 5.23. The lowest BCUT2D eigenvalue weighted by Crippen LogP contribution is -2.40. The fraction of sp³-hybridized carbons (Fsp3) is 0.533. The third kappa shape index (κ3) is 7.09. The van der Waals surface area contributed by atoms with Crippen LogP contribution in [0.4, 0.5) is 0 Å². The first kappa shape index (κ1) is 19.2. The molecule has 20 heavy (non-hydrogen) atoms. The number of nitrogens with zero attached hydrogens (tertiary/aromatic N) is 2. The lowest BCUT2D eigenvalue weighted by molar-refractivity contribution is 0.400. The van der Waals surface area contributed by atoms with Crippen LogP contribution in [0.15, 0.2) is 29.3 Å². The molecule has 0 aliphatic heterocycles. The van der Waals surface area contributed by atoms with Crippen LogP contribution in [0.3, 0.4) is 0 Å². The molecule has 4 nitrogen and oxygen atoms in total. The normalized spacial score (nSPS) is 11.4. The molecule has 0 aromatic heterocycles. The Morgan fingerprint density at radius 1 is 1.20 bits per heavy atom. The summed E-state index contributed by atoms with van der Waals surface area (Å²) in [6, 6.07) is 8.88. The van der Waals surface area contributed by atoms with Gasteiger partial charge < -0.3 is 15.5 Å². The number of rotatable bonds is 5. The number of nitrogens with one attached hydrogen (secondary N) is 2. The van der Waals surface area contributed by atoms with Gasteiger partial charge in [-0.05, 0) is 39.1 Å². The van der Waals surface area contributed by atoms with E-state index in [0.29, 0.717) is 6.04 Å². The van der Waals surface area contributed by atoms with Crippen LogP contribution in [0.1, 0.15) is 25.0 Å². The molecule has 0 atom stereocenters. The molecule has 0 heterocycles. The van der Waals surface area contributed by atoms with Crippen molar-refractivity contribution in [2.75, 3.05) is 21.1 Å². The van der Waals surface area contributed by atoms with E-state index in [2.05, 4.69) is 72.7 Å². The predicted octanol–water partition coefficient (Wildman–Crippen LogP) is 2.44. The molecule has 0 saturated heterocycles. The van der Waals surface area contributed by atoms with Crippen molar-refractivity contribution in [3.05, 3.63) is 35.4 Å². The van der Waals surface area contributed by atoms with Gasteiger partial charge in [0, 0.05) is 26.2 Å². The maximum atomic E-state index is 4.22. The van der Waals surface area contributed by atoms with Crippen molar-refractivity contribution in [1.82, 2.24) is 15.5 Å². The molecular weight excluding hydrogens is 363 g/mol. The highest BCUT2D eigenvalue weighted by Crippen LogP contribution is 2.10. The molecule has 1 rings (SSSR count). The molecule has 0 amide bonds. The summed E-state index contributed by atoms with van der Waals surface area (Å²) in [4.78, 5) is 6.40. The molecule has 0 aliphatic rings. The Bertz CT molecular complexity index is 416. The minimum absolute atomic E-state index is 0. The van der Waals surface area contributed by atoms with Gasteiger partial charge in [-0.1, -0.05) is 24.3 Å². The number of hydrogen-bond donors (Lipinski definition) is 2. The van der Waals surface area contributed by atoms with Gasteiger partial charge in [0.2, 0.25) is 0 Å². The van der Waals surface area contributed by atoms with E-state index < -0.39 is 0 Å². The Morgan fingerprint density at radius 2 is 1.80 bits per heavy atom. The maximum absolute atomic E-state index is 4.22. The molecule has 2 N–H and O–H groups in total. The number of hydrogen-bond acceptors (Lipinski definition) is 2. The Kier molecular flexibility index (Phi) is 9.58. The van der Waals surface area contributed by atoms with Crippen LogP contribution < -0.4 is 10.6 Å². The van der Waals surface area contributed by atoms with Gasteiger partial charge in [0.05, 0.1) is 0 Å². The van der Waals surface area contributed by atoms with E-state index >= 15 is 0 Å². The fourth-order valence-corrected chi connectivity index (χ4v) is 1.87. The Labute approximate surface area is 140 Å². The van der Waals surface area contributed by atoms with Crippen LogP contribution >= 0.6 is 24.0 Å². The van der Waals surface area contributed by atoms with Crippen molar-refractivity contribution in [2.45, 2.75) is 33.0 Å². The van der Waals surface area contributed by atoms with E-state index in [1.54, 1.807) is 7.05 Å². The second kappa shape index (κ2) is 9.99. The van der Waals surface area contributed by atoms with Crippen LogP contribution in [-0.2, 0) is 13.1 Å². The molecule has 1 aromatic rings. The van der Waals surface area contributed by atoms with Gasteiger partial charge in [0.1, 0.15) is 0 Å². The van der Waals surface area contributed by atoms with Crippen LogP contribution in [0.25, 0.3) is 0 Å². The van der Waals surface area contributed by atoms with E-state index in [0.717, 1.165) is 19.0 Å². The van der Waals surface area contributed by atoms with Crippen molar-refractivity contribution in [1.29, 1.82) is 0 Å². The highest BCUT2D eigenvalue weighted by molar-refractivity contribution is 14.0. The molecule has 0 aliphatic carbocycles. The monoisotopic (exact) mass is 390 g/mol. The highest BCUT2D eigenvalue weighted by atomic mass is 127. The van der Waals surface area contributed by atoms with E-state index in [1.807, 2.05) is 0 Å². The van der Waals surface area contributed by atoms with Gasteiger partial charge >= 0.3 is 0 Å². The average molecular weight is 390 g/mol. The first-order valence-electron chi connectivity index (χ1n) is 6.71. The van der Waals surface area contributed by atoms with Gasteiger partial charge in [-0.2, -0.15) is 0 Å². The Morgan fingerprint density at radius 3 is 2.30 bits per heavy atom. The van der Waals surface area contributed by atoms with Gasteiger partial charge in [-0.15, -0.1) is 24.0 Å². The van der Waals surface area contributed by atoms with Gasteiger partial charge in [0.15, 0.2) is 5.96 Å². The molecule has 0 bridgehead atoms. The molecule has 1 aromatic carbocycles. The van der Waals surface area contributed by atoms with E-state index in [-0.39, 0.29) is 24.0 Å². The van der Waals surface area contributed by atoms with E-state index in [9.17, 15) is 0 Å². The minimum atomic E-state index is 0. The summed E-state index contributed by atoms with van der Waals surface area (Å²) >= 11 is 0. The van der Waals surface area contributed by atoms with E-state index in [1.165, 1.54) is 11.1 Å². The largest absolute Gasteiger partial charge is 0.354 e. The summed E-state index contributed by atoms with van der Waals surface area (Å²) < 4.78 is 0. The smallest absolute Gasteiger partial charge is 0.191 e. The highest BCUT2D eigenvalue weighted by Gasteiger charge is 2.05. The van der Waals surface area contributed by atoms with Crippen LogP contribution in [0.5, 0.6) is 0 Å².